The molecule has 0 unspecified atom stereocenters. The molecule has 0 aliphatic heterocycles. The molecule has 3 nitrogen and oxygen atoms in total. The third kappa shape index (κ3) is 2.73. The van der Waals surface area contributed by atoms with Gasteiger partial charge >= 0.3 is 5.97 Å². The van der Waals surface area contributed by atoms with Crippen LogP contribution in [0.25, 0.3) is 10.1 Å². The van der Waals surface area contributed by atoms with E-state index in [1.807, 2.05) is 29.6 Å². The number of ether oxygens (including phenoxy) is 1. The van der Waals surface area contributed by atoms with Gasteiger partial charge in [-0.15, -0.1) is 11.3 Å². The summed E-state index contributed by atoms with van der Waals surface area (Å²) in [7, 11) is 0. The molecule has 0 amide bonds. The van der Waals surface area contributed by atoms with Crippen molar-refractivity contribution in [3.05, 3.63) is 64.8 Å². The molecule has 0 atom stereocenters. The molecule has 2 aromatic carbocycles. The minimum atomic E-state index is -0.692. The first-order valence-electron chi connectivity index (χ1n) is 6.32. The SMILES string of the molecule is Nc1ccc(C(=O)OCc2csc3ccccc23)c(F)c1. The van der Waals surface area contributed by atoms with E-state index in [1.165, 1.54) is 12.1 Å². The molecule has 2 N–H and O–H groups in total. The number of fused-ring (bicyclic) bond motifs is 1. The fourth-order valence-corrected chi connectivity index (χ4v) is 3.01. The van der Waals surface area contributed by atoms with E-state index in [0.717, 1.165) is 21.7 Å². The normalized spacial score (nSPS) is 10.7. The third-order valence-electron chi connectivity index (χ3n) is 3.13. The Morgan fingerprint density at radius 3 is 2.86 bits per heavy atom. The molecule has 1 aromatic heterocycles. The van der Waals surface area contributed by atoms with E-state index in [0.29, 0.717) is 0 Å². The molecule has 0 aliphatic rings. The zero-order valence-corrected chi connectivity index (χ0v) is 11.8. The van der Waals surface area contributed by atoms with E-state index in [2.05, 4.69) is 0 Å². The summed E-state index contributed by atoms with van der Waals surface area (Å²) in [5.74, 6) is -1.36. The highest BCUT2D eigenvalue weighted by atomic mass is 32.1. The molecular weight excluding hydrogens is 289 g/mol. The number of hydrogen-bond acceptors (Lipinski definition) is 4. The van der Waals surface area contributed by atoms with Crippen molar-refractivity contribution in [1.29, 1.82) is 0 Å². The highest BCUT2D eigenvalue weighted by molar-refractivity contribution is 7.17. The summed E-state index contributed by atoms with van der Waals surface area (Å²) in [6.07, 6.45) is 0. The Morgan fingerprint density at radius 2 is 2.05 bits per heavy atom. The van der Waals surface area contributed by atoms with Crippen molar-refractivity contribution < 1.29 is 13.9 Å². The van der Waals surface area contributed by atoms with Gasteiger partial charge in [-0.1, -0.05) is 18.2 Å². The van der Waals surface area contributed by atoms with E-state index in [1.54, 1.807) is 11.3 Å². The maximum atomic E-state index is 13.6. The predicted molar refractivity (Wildman–Crippen MR) is 81.8 cm³/mol. The van der Waals surface area contributed by atoms with E-state index >= 15 is 0 Å². The van der Waals surface area contributed by atoms with Crippen LogP contribution in [0.5, 0.6) is 0 Å². The quantitative estimate of drug-likeness (QED) is 0.588. The highest BCUT2D eigenvalue weighted by Gasteiger charge is 2.14. The molecule has 0 saturated heterocycles. The molecule has 0 radical (unpaired) electrons. The number of anilines is 1. The monoisotopic (exact) mass is 301 g/mol. The maximum Gasteiger partial charge on any atom is 0.341 e. The largest absolute Gasteiger partial charge is 0.457 e. The lowest BCUT2D eigenvalue weighted by Gasteiger charge is -2.05. The van der Waals surface area contributed by atoms with Gasteiger partial charge in [0.1, 0.15) is 12.4 Å². The molecular formula is C16H12FNO2S. The standard InChI is InChI=1S/C16H12FNO2S/c17-14-7-11(18)5-6-13(14)16(19)20-8-10-9-21-15-4-2-1-3-12(10)15/h1-7,9H,8,18H2. The molecule has 21 heavy (non-hydrogen) atoms. The topological polar surface area (TPSA) is 52.3 Å². The molecule has 5 heteroatoms. The van der Waals surface area contributed by atoms with Gasteiger partial charge in [0.15, 0.2) is 0 Å². The van der Waals surface area contributed by atoms with Crippen molar-refractivity contribution >= 4 is 33.1 Å². The average Bonchev–Trinajstić information content (AvgIpc) is 2.88. The third-order valence-corrected chi connectivity index (χ3v) is 4.15. The van der Waals surface area contributed by atoms with E-state index in [-0.39, 0.29) is 17.9 Å². The second kappa shape index (κ2) is 5.54. The first-order valence-corrected chi connectivity index (χ1v) is 7.20. The highest BCUT2D eigenvalue weighted by Crippen LogP contribution is 2.26. The minimum Gasteiger partial charge on any atom is -0.457 e. The molecule has 3 aromatic rings. The van der Waals surface area contributed by atoms with Crippen LogP contribution >= 0.6 is 11.3 Å². The lowest BCUT2D eigenvalue weighted by Crippen LogP contribution is -2.07. The van der Waals surface area contributed by atoms with Gasteiger partial charge in [-0.25, -0.2) is 9.18 Å². The number of carbonyl (C=O) groups excluding carboxylic acids is 1. The number of nitrogen functional groups attached to an aromatic ring is 1. The van der Waals surface area contributed by atoms with Crippen LogP contribution in [0.2, 0.25) is 0 Å². The molecule has 0 saturated carbocycles. The maximum absolute atomic E-state index is 13.6. The summed E-state index contributed by atoms with van der Waals surface area (Å²) < 4.78 is 20.0. The fourth-order valence-electron chi connectivity index (χ4n) is 2.06. The van der Waals surface area contributed by atoms with Gasteiger partial charge < -0.3 is 10.5 Å². The Morgan fingerprint density at radius 1 is 1.24 bits per heavy atom. The van der Waals surface area contributed by atoms with Crippen LogP contribution in [-0.4, -0.2) is 5.97 Å². The number of hydrogen-bond donors (Lipinski definition) is 1. The van der Waals surface area contributed by atoms with Crippen molar-refractivity contribution in [1.82, 2.24) is 0 Å². The van der Waals surface area contributed by atoms with Crippen molar-refractivity contribution in [2.45, 2.75) is 6.61 Å². The number of rotatable bonds is 3. The van der Waals surface area contributed by atoms with Gasteiger partial charge in [-0.05, 0) is 35.0 Å². The average molecular weight is 301 g/mol. The van der Waals surface area contributed by atoms with Crippen LogP contribution in [-0.2, 0) is 11.3 Å². The summed E-state index contributed by atoms with van der Waals surface area (Å²) >= 11 is 1.58. The number of carbonyl (C=O) groups is 1. The van der Waals surface area contributed by atoms with Gasteiger partial charge in [-0.3, -0.25) is 0 Å². The van der Waals surface area contributed by atoms with Crippen LogP contribution in [0.1, 0.15) is 15.9 Å². The molecule has 0 spiro atoms. The Kier molecular flexibility index (Phi) is 3.58. The van der Waals surface area contributed by atoms with Crippen LogP contribution in [0.15, 0.2) is 47.8 Å². The van der Waals surface area contributed by atoms with Crippen molar-refractivity contribution in [3.8, 4) is 0 Å². The number of nitrogens with two attached hydrogens (primary N) is 1. The molecule has 0 bridgehead atoms. The number of esters is 1. The predicted octanol–water partition coefficient (Wildman–Crippen LogP) is 3.98. The number of thiophene rings is 1. The van der Waals surface area contributed by atoms with Gasteiger partial charge in [0.25, 0.3) is 0 Å². The van der Waals surface area contributed by atoms with Gasteiger partial charge in [0, 0.05) is 16.0 Å². The van der Waals surface area contributed by atoms with Gasteiger partial charge in [0.2, 0.25) is 0 Å². The fraction of sp³-hybridized carbons (Fsp3) is 0.0625. The first kappa shape index (κ1) is 13.6. The van der Waals surface area contributed by atoms with Crippen molar-refractivity contribution in [2.75, 3.05) is 5.73 Å². The zero-order valence-electron chi connectivity index (χ0n) is 11.0. The smallest absolute Gasteiger partial charge is 0.341 e. The molecule has 106 valence electrons. The number of halogens is 1. The summed E-state index contributed by atoms with van der Waals surface area (Å²) in [5, 5.41) is 2.99. The second-order valence-corrected chi connectivity index (χ2v) is 5.48. The molecule has 0 fully saturated rings. The lowest BCUT2D eigenvalue weighted by atomic mass is 10.2. The molecule has 0 aliphatic carbocycles. The van der Waals surface area contributed by atoms with Crippen LogP contribution in [0.3, 0.4) is 0 Å². The Bertz CT molecular complexity index is 813. The van der Waals surface area contributed by atoms with Crippen molar-refractivity contribution in [2.24, 2.45) is 0 Å². The lowest BCUT2D eigenvalue weighted by molar-refractivity contribution is 0.0469. The Hall–Kier alpha value is -2.40. The summed E-state index contributed by atoms with van der Waals surface area (Å²) in [6.45, 7) is 0.118. The van der Waals surface area contributed by atoms with Gasteiger partial charge in [-0.2, -0.15) is 0 Å². The van der Waals surface area contributed by atoms with Crippen LogP contribution in [0, 0.1) is 5.82 Å². The Balaban J connectivity index is 1.77. The van der Waals surface area contributed by atoms with Crippen LogP contribution in [0.4, 0.5) is 10.1 Å². The molecule has 1 heterocycles. The molecule has 3 rings (SSSR count). The first-order chi connectivity index (χ1) is 10.1. The van der Waals surface area contributed by atoms with E-state index in [4.69, 9.17) is 10.5 Å². The second-order valence-electron chi connectivity index (χ2n) is 4.57. The summed E-state index contributed by atoms with van der Waals surface area (Å²) in [6, 6.07) is 11.8. The summed E-state index contributed by atoms with van der Waals surface area (Å²) in [4.78, 5) is 11.9. The van der Waals surface area contributed by atoms with E-state index < -0.39 is 11.8 Å². The van der Waals surface area contributed by atoms with Gasteiger partial charge in [0.05, 0.1) is 5.56 Å². The van der Waals surface area contributed by atoms with Crippen LogP contribution < -0.4 is 5.73 Å². The summed E-state index contributed by atoms with van der Waals surface area (Å²) in [5.41, 5.74) is 6.53. The minimum absolute atomic E-state index is 0.108. The number of benzene rings is 2. The zero-order chi connectivity index (χ0) is 14.8. The Labute approximate surface area is 124 Å². The van der Waals surface area contributed by atoms with Crippen molar-refractivity contribution in [3.63, 3.8) is 0 Å². The van der Waals surface area contributed by atoms with E-state index in [9.17, 15) is 9.18 Å².